The number of hydrogen-bond acceptors (Lipinski definition) is 1. The van der Waals surface area contributed by atoms with Gasteiger partial charge in [-0.3, -0.25) is 4.90 Å². The summed E-state index contributed by atoms with van der Waals surface area (Å²) in [6.45, 7) is 2.71. The molecule has 1 heteroatoms. The summed E-state index contributed by atoms with van der Waals surface area (Å²) in [5.74, 6) is 1.73. The predicted molar refractivity (Wildman–Crippen MR) is 70.4 cm³/mol. The van der Waals surface area contributed by atoms with Crippen molar-refractivity contribution in [2.24, 2.45) is 0 Å². The molecule has 1 aromatic rings. The summed E-state index contributed by atoms with van der Waals surface area (Å²) in [4.78, 5) is 2.80. The molecule has 0 aromatic heterocycles. The lowest BCUT2D eigenvalue weighted by molar-refractivity contribution is 0.150. The van der Waals surface area contributed by atoms with Crippen molar-refractivity contribution < 1.29 is 0 Å². The highest BCUT2D eigenvalue weighted by Gasteiger charge is 2.45. The van der Waals surface area contributed by atoms with Gasteiger partial charge in [-0.15, -0.1) is 0 Å². The zero-order valence-electron chi connectivity index (χ0n) is 10.4. The summed E-state index contributed by atoms with van der Waals surface area (Å²) in [6.07, 6.45) is 7.17. The molecule has 1 aliphatic heterocycles. The maximum Gasteiger partial charge on any atom is 0.0170 e. The van der Waals surface area contributed by atoms with Gasteiger partial charge in [-0.1, -0.05) is 30.7 Å². The van der Waals surface area contributed by atoms with Gasteiger partial charge in [0.1, 0.15) is 0 Å². The van der Waals surface area contributed by atoms with Crippen LogP contribution in [0, 0.1) is 0 Å². The smallest absolute Gasteiger partial charge is 0.0170 e. The Balaban J connectivity index is 1.62. The number of piperidine rings is 1. The number of nitrogens with zero attached hydrogens (tertiary/aromatic N) is 1. The lowest BCUT2D eigenvalue weighted by atomic mass is 9.87. The molecule has 1 aromatic carbocycles. The van der Waals surface area contributed by atoms with Crippen LogP contribution in [0.3, 0.4) is 0 Å². The molecule has 3 unspecified atom stereocenters. The highest BCUT2D eigenvalue weighted by Crippen LogP contribution is 2.54. The summed E-state index contributed by atoms with van der Waals surface area (Å²) in [7, 11) is 0. The van der Waals surface area contributed by atoms with E-state index in [1.807, 2.05) is 0 Å². The van der Waals surface area contributed by atoms with E-state index in [9.17, 15) is 0 Å². The van der Waals surface area contributed by atoms with E-state index in [1.165, 1.54) is 45.2 Å². The lowest BCUT2D eigenvalue weighted by Crippen LogP contribution is -2.41. The molecular formula is C16H21N. The summed E-state index contributed by atoms with van der Waals surface area (Å²) in [6, 6.07) is 10.1. The number of rotatable bonds is 1. The number of benzene rings is 1. The fraction of sp³-hybridized carbons (Fsp3) is 0.625. The monoisotopic (exact) mass is 227 g/mol. The lowest BCUT2D eigenvalue weighted by Gasteiger charge is -2.37. The van der Waals surface area contributed by atoms with Gasteiger partial charge in [0.15, 0.2) is 0 Å². The Hall–Kier alpha value is -0.820. The van der Waals surface area contributed by atoms with E-state index in [-0.39, 0.29) is 0 Å². The van der Waals surface area contributed by atoms with Crippen molar-refractivity contribution in [3.63, 3.8) is 0 Å². The van der Waals surface area contributed by atoms with Crippen LogP contribution in [-0.4, -0.2) is 24.0 Å². The molecule has 90 valence electrons. The molecule has 2 aliphatic carbocycles. The van der Waals surface area contributed by atoms with E-state index in [0.29, 0.717) is 0 Å². The third kappa shape index (κ3) is 1.48. The molecular weight excluding hydrogens is 206 g/mol. The van der Waals surface area contributed by atoms with Crippen molar-refractivity contribution in [3.8, 4) is 0 Å². The molecule has 2 bridgehead atoms. The molecule has 1 saturated carbocycles. The van der Waals surface area contributed by atoms with Crippen LogP contribution in [0.25, 0.3) is 0 Å². The molecule has 3 aliphatic rings. The Morgan fingerprint density at radius 3 is 2.47 bits per heavy atom. The Kier molecular flexibility index (Phi) is 2.29. The van der Waals surface area contributed by atoms with E-state index >= 15 is 0 Å². The Labute approximate surface area is 104 Å². The van der Waals surface area contributed by atoms with Crippen molar-refractivity contribution in [1.29, 1.82) is 0 Å². The van der Waals surface area contributed by atoms with Gasteiger partial charge in [0, 0.05) is 12.0 Å². The molecule has 3 atom stereocenters. The van der Waals surface area contributed by atoms with Gasteiger partial charge in [0.05, 0.1) is 0 Å². The minimum absolute atomic E-state index is 0.856. The summed E-state index contributed by atoms with van der Waals surface area (Å²) in [5, 5.41) is 0. The topological polar surface area (TPSA) is 3.24 Å². The van der Waals surface area contributed by atoms with E-state index in [1.54, 1.807) is 11.1 Å². The zero-order valence-corrected chi connectivity index (χ0v) is 10.4. The standard InChI is InChI=1S/C16H21N/c1-4-8-17(9-5-1)16-11-12-10-15(16)14-7-3-2-6-13(12)14/h2-3,6-7,12,15-16H,1,4-5,8-11H2. The van der Waals surface area contributed by atoms with Crippen molar-refractivity contribution in [2.75, 3.05) is 13.1 Å². The number of likely N-dealkylation sites (tertiary alicyclic amines) is 1. The van der Waals surface area contributed by atoms with Crippen molar-refractivity contribution >= 4 is 0 Å². The van der Waals surface area contributed by atoms with E-state index in [2.05, 4.69) is 29.2 Å². The van der Waals surface area contributed by atoms with Crippen LogP contribution < -0.4 is 0 Å². The van der Waals surface area contributed by atoms with Crippen LogP contribution in [0.1, 0.15) is 55.1 Å². The Morgan fingerprint density at radius 1 is 0.882 bits per heavy atom. The fourth-order valence-electron chi connectivity index (χ4n) is 4.48. The first-order chi connectivity index (χ1) is 8.43. The summed E-state index contributed by atoms with van der Waals surface area (Å²) < 4.78 is 0. The minimum atomic E-state index is 0.856. The highest BCUT2D eigenvalue weighted by atomic mass is 15.2. The van der Waals surface area contributed by atoms with Gasteiger partial charge in [-0.05, 0) is 55.8 Å². The third-order valence-electron chi connectivity index (χ3n) is 5.22. The normalized spacial score (nSPS) is 36.1. The quantitative estimate of drug-likeness (QED) is 0.709. The number of hydrogen-bond donors (Lipinski definition) is 0. The van der Waals surface area contributed by atoms with Crippen molar-refractivity contribution in [3.05, 3.63) is 35.4 Å². The second-order valence-corrected chi connectivity index (χ2v) is 6.07. The highest BCUT2D eigenvalue weighted by molar-refractivity contribution is 5.43. The van der Waals surface area contributed by atoms with Crippen LogP contribution >= 0.6 is 0 Å². The fourth-order valence-corrected chi connectivity index (χ4v) is 4.48. The Bertz CT molecular complexity index is 419. The van der Waals surface area contributed by atoms with Crippen molar-refractivity contribution in [1.82, 2.24) is 4.90 Å². The first-order valence-corrected chi connectivity index (χ1v) is 7.26. The second-order valence-electron chi connectivity index (χ2n) is 6.07. The molecule has 2 fully saturated rings. The average molecular weight is 227 g/mol. The molecule has 0 radical (unpaired) electrons. The zero-order chi connectivity index (χ0) is 11.2. The molecule has 0 spiro atoms. The molecule has 17 heavy (non-hydrogen) atoms. The molecule has 0 N–H and O–H groups in total. The molecule has 1 saturated heterocycles. The van der Waals surface area contributed by atoms with Gasteiger partial charge >= 0.3 is 0 Å². The molecule has 1 heterocycles. The van der Waals surface area contributed by atoms with Gasteiger partial charge in [-0.2, -0.15) is 0 Å². The molecule has 4 rings (SSSR count). The van der Waals surface area contributed by atoms with Gasteiger partial charge in [0.2, 0.25) is 0 Å². The van der Waals surface area contributed by atoms with Crippen LogP contribution in [0.5, 0.6) is 0 Å². The van der Waals surface area contributed by atoms with Crippen LogP contribution in [0.15, 0.2) is 24.3 Å². The second kappa shape index (κ2) is 3.84. The van der Waals surface area contributed by atoms with E-state index < -0.39 is 0 Å². The molecule has 1 nitrogen and oxygen atoms in total. The minimum Gasteiger partial charge on any atom is -0.300 e. The predicted octanol–water partition coefficient (Wildman–Crippen LogP) is 3.52. The molecule has 0 amide bonds. The average Bonchev–Trinajstić information content (AvgIpc) is 2.99. The summed E-state index contributed by atoms with van der Waals surface area (Å²) >= 11 is 0. The largest absolute Gasteiger partial charge is 0.300 e. The van der Waals surface area contributed by atoms with E-state index in [4.69, 9.17) is 0 Å². The van der Waals surface area contributed by atoms with Gasteiger partial charge in [0.25, 0.3) is 0 Å². The SMILES string of the molecule is c1ccc2c(c1)C1CC2C(N2CCCCC2)C1. The summed E-state index contributed by atoms with van der Waals surface area (Å²) in [5.41, 5.74) is 3.35. The van der Waals surface area contributed by atoms with Gasteiger partial charge in [-0.25, -0.2) is 0 Å². The van der Waals surface area contributed by atoms with Crippen LogP contribution in [0.2, 0.25) is 0 Å². The van der Waals surface area contributed by atoms with Crippen molar-refractivity contribution in [2.45, 2.75) is 50.0 Å². The number of fused-ring (bicyclic) bond motifs is 5. The van der Waals surface area contributed by atoms with E-state index in [0.717, 1.165) is 17.9 Å². The van der Waals surface area contributed by atoms with Crippen LogP contribution in [0.4, 0.5) is 0 Å². The maximum absolute atomic E-state index is 2.80. The first-order valence-electron chi connectivity index (χ1n) is 7.26. The van der Waals surface area contributed by atoms with Crippen LogP contribution in [-0.2, 0) is 0 Å². The van der Waals surface area contributed by atoms with Gasteiger partial charge < -0.3 is 0 Å². The maximum atomic E-state index is 2.80. The third-order valence-corrected chi connectivity index (χ3v) is 5.22. The Morgan fingerprint density at radius 2 is 1.65 bits per heavy atom. The first kappa shape index (κ1) is 10.1.